The van der Waals surface area contributed by atoms with E-state index in [9.17, 15) is 23.6 Å². The Morgan fingerprint density at radius 1 is 1.03 bits per heavy atom. The fraction of sp³-hybridized carbons (Fsp3) is 0.333. The summed E-state index contributed by atoms with van der Waals surface area (Å²) >= 11 is 0. The topological polar surface area (TPSA) is 116 Å². The molecule has 2 N–H and O–H groups in total. The average molecular weight is 474 g/mol. The van der Waals surface area contributed by atoms with Crippen molar-refractivity contribution < 1.29 is 37.4 Å². The number of anilines is 1. The molecule has 1 aliphatic heterocycles. The van der Waals surface area contributed by atoms with Crippen molar-refractivity contribution in [2.24, 2.45) is 0 Å². The van der Waals surface area contributed by atoms with Crippen LogP contribution in [0.15, 0.2) is 36.4 Å². The van der Waals surface area contributed by atoms with Crippen LogP contribution >= 0.6 is 0 Å². The van der Waals surface area contributed by atoms with Crippen LogP contribution in [0.3, 0.4) is 0 Å². The van der Waals surface area contributed by atoms with Gasteiger partial charge in [-0.05, 0) is 36.6 Å². The molecule has 8 nitrogen and oxygen atoms in total. The molecule has 1 amide bonds. The second-order valence-corrected chi connectivity index (χ2v) is 8.04. The minimum Gasteiger partial charge on any atom is -0.496 e. The van der Waals surface area contributed by atoms with Crippen LogP contribution in [0.2, 0.25) is 0 Å². The van der Waals surface area contributed by atoms with Crippen LogP contribution in [-0.2, 0) is 20.7 Å². The van der Waals surface area contributed by atoms with Gasteiger partial charge >= 0.3 is 11.8 Å². The van der Waals surface area contributed by atoms with E-state index in [1.807, 2.05) is 0 Å². The molecule has 1 fully saturated rings. The maximum absolute atomic E-state index is 15.4. The Kier molecular flexibility index (Phi) is 7.29. The minimum atomic E-state index is -1.56. The third-order valence-corrected chi connectivity index (χ3v) is 5.80. The molecule has 180 valence electrons. The van der Waals surface area contributed by atoms with Crippen molar-refractivity contribution in [2.75, 3.05) is 33.0 Å². The molecule has 1 heterocycles. The highest BCUT2D eigenvalue weighted by Crippen LogP contribution is 2.33. The summed E-state index contributed by atoms with van der Waals surface area (Å²) in [5.74, 6) is -4.89. The molecule has 0 aliphatic carbocycles. The number of methoxy groups -OCH3 is 2. The number of piperidine rings is 1. The van der Waals surface area contributed by atoms with Crippen LogP contribution in [0, 0.1) is 5.82 Å². The molecule has 2 aromatic carbocycles. The average Bonchev–Trinajstić information content (AvgIpc) is 2.83. The zero-order valence-corrected chi connectivity index (χ0v) is 18.7. The summed E-state index contributed by atoms with van der Waals surface area (Å²) in [7, 11) is 2.26. The maximum Gasteiger partial charge on any atom is 0.383 e. The molecule has 0 unspecified atom stereocenters. The highest BCUT2D eigenvalue weighted by Gasteiger charge is 2.37. The van der Waals surface area contributed by atoms with E-state index < -0.39 is 34.9 Å². The smallest absolute Gasteiger partial charge is 0.383 e. The summed E-state index contributed by atoms with van der Waals surface area (Å²) in [6.45, 7) is 0.183. The van der Waals surface area contributed by atoms with Gasteiger partial charge in [-0.1, -0.05) is 12.1 Å². The number of Topliss-reactive ketones (excluding diaryl/α,β-unsaturated/α-hetero) is 2. The van der Waals surface area contributed by atoms with E-state index in [2.05, 4.69) is 4.74 Å². The predicted molar refractivity (Wildman–Crippen MR) is 118 cm³/mol. The Morgan fingerprint density at radius 2 is 1.65 bits per heavy atom. The van der Waals surface area contributed by atoms with Gasteiger partial charge in [0.1, 0.15) is 17.2 Å². The lowest BCUT2D eigenvalue weighted by atomic mass is 9.86. The zero-order chi connectivity index (χ0) is 25.0. The van der Waals surface area contributed by atoms with Crippen molar-refractivity contribution in [1.29, 1.82) is 0 Å². The lowest BCUT2D eigenvalue weighted by Crippen LogP contribution is -2.45. The summed E-state index contributed by atoms with van der Waals surface area (Å²) in [6, 6.07) is 7.91. The highest BCUT2D eigenvalue weighted by atomic mass is 19.1. The number of ether oxygens (including phenoxy) is 2. The number of amides is 1. The minimum absolute atomic E-state index is 0.0531. The van der Waals surface area contributed by atoms with Crippen LogP contribution in [0.4, 0.5) is 14.5 Å². The van der Waals surface area contributed by atoms with Gasteiger partial charge in [-0.15, -0.1) is 0 Å². The van der Waals surface area contributed by atoms with E-state index in [4.69, 9.17) is 10.5 Å². The first-order valence-electron chi connectivity index (χ1n) is 10.5. The number of nitrogen functional groups attached to an aromatic ring is 1. The first-order chi connectivity index (χ1) is 16.1. The Labute approximate surface area is 194 Å². The summed E-state index contributed by atoms with van der Waals surface area (Å²) in [5, 5.41) is 0. The van der Waals surface area contributed by atoms with E-state index in [0.29, 0.717) is 5.56 Å². The molecule has 0 bridgehead atoms. The van der Waals surface area contributed by atoms with Gasteiger partial charge in [0, 0.05) is 31.3 Å². The van der Waals surface area contributed by atoms with Gasteiger partial charge in [0.25, 0.3) is 5.91 Å². The number of carbonyl (C=O) groups is 4. The first kappa shape index (κ1) is 24.8. The van der Waals surface area contributed by atoms with Gasteiger partial charge in [0.05, 0.1) is 25.3 Å². The number of alkyl halides is 1. The standard InChI is InChI=1S/C24H24F2N2O6/c1-33-19-12-18(27)16(20(29)21(30)23(32)34-2)11-17(19)22(31)28-9-7-24(26,8-10-28)13-14-3-5-15(25)6-4-14/h3-6,11-12H,7-10,13,27H2,1-2H3. The molecule has 0 saturated carbocycles. The predicted octanol–water partition coefficient (Wildman–Crippen LogP) is 2.53. The fourth-order valence-corrected chi connectivity index (χ4v) is 3.86. The van der Waals surface area contributed by atoms with Gasteiger partial charge < -0.3 is 20.1 Å². The molecular formula is C24H24F2N2O6. The molecule has 34 heavy (non-hydrogen) atoms. The molecule has 2 aromatic rings. The second-order valence-electron chi connectivity index (χ2n) is 8.04. The lowest BCUT2D eigenvalue weighted by Gasteiger charge is -2.36. The SMILES string of the molecule is COC(=O)C(=O)C(=O)c1cc(C(=O)N2CCC(F)(Cc3ccc(F)cc3)CC2)c(OC)cc1N. The zero-order valence-electron chi connectivity index (χ0n) is 18.7. The number of hydrogen-bond acceptors (Lipinski definition) is 7. The van der Waals surface area contributed by atoms with E-state index >= 15 is 4.39 Å². The molecule has 0 radical (unpaired) electrons. The Hall–Kier alpha value is -3.82. The molecule has 0 aromatic heterocycles. The molecule has 10 heteroatoms. The summed E-state index contributed by atoms with van der Waals surface area (Å²) < 4.78 is 38.0. The number of hydrogen-bond donors (Lipinski definition) is 1. The largest absolute Gasteiger partial charge is 0.496 e. The Morgan fingerprint density at radius 3 is 2.21 bits per heavy atom. The van der Waals surface area contributed by atoms with Crippen molar-refractivity contribution in [1.82, 2.24) is 4.90 Å². The number of nitrogens with zero attached hydrogens (tertiary/aromatic N) is 1. The third kappa shape index (κ3) is 5.22. The number of ketones is 2. The fourth-order valence-electron chi connectivity index (χ4n) is 3.86. The van der Waals surface area contributed by atoms with Gasteiger partial charge in [-0.25, -0.2) is 13.6 Å². The molecule has 1 saturated heterocycles. The van der Waals surface area contributed by atoms with Gasteiger partial charge in [0.2, 0.25) is 5.78 Å². The highest BCUT2D eigenvalue weighted by molar-refractivity contribution is 6.65. The third-order valence-electron chi connectivity index (χ3n) is 5.80. The van der Waals surface area contributed by atoms with E-state index in [1.165, 1.54) is 42.3 Å². The Bertz CT molecular complexity index is 1130. The number of nitrogens with two attached hydrogens (primary N) is 1. The number of halogens is 2. The monoisotopic (exact) mass is 474 g/mol. The van der Waals surface area contributed by atoms with Crippen LogP contribution in [0.1, 0.15) is 39.1 Å². The first-order valence-corrected chi connectivity index (χ1v) is 10.5. The van der Waals surface area contributed by atoms with Crippen molar-refractivity contribution in [3.05, 3.63) is 58.9 Å². The van der Waals surface area contributed by atoms with Crippen molar-refractivity contribution in [3.8, 4) is 5.75 Å². The number of esters is 1. The van der Waals surface area contributed by atoms with Crippen molar-refractivity contribution >= 4 is 29.1 Å². The number of benzene rings is 2. The Balaban J connectivity index is 1.79. The normalized spacial score (nSPS) is 14.9. The lowest BCUT2D eigenvalue weighted by molar-refractivity contribution is -0.149. The van der Waals surface area contributed by atoms with Gasteiger partial charge in [-0.2, -0.15) is 0 Å². The maximum atomic E-state index is 15.4. The molecular weight excluding hydrogens is 450 g/mol. The molecule has 0 atom stereocenters. The van der Waals surface area contributed by atoms with Crippen molar-refractivity contribution in [3.63, 3.8) is 0 Å². The number of likely N-dealkylation sites (tertiary alicyclic amines) is 1. The number of carbonyl (C=O) groups excluding carboxylic acids is 4. The van der Waals surface area contributed by atoms with Crippen molar-refractivity contribution in [2.45, 2.75) is 24.9 Å². The summed E-state index contributed by atoms with van der Waals surface area (Å²) in [4.78, 5) is 50.4. The summed E-state index contributed by atoms with van der Waals surface area (Å²) in [5.41, 5.74) is 4.38. The van der Waals surface area contributed by atoms with E-state index in [0.717, 1.165) is 13.2 Å². The molecule has 3 rings (SSSR count). The van der Waals surface area contributed by atoms with E-state index in [1.54, 1.807) is 0 Å². The van der Waals surface area contributed by atoms with Gasteiger partial charge in [0.15, 0.2) is 0 Å². The number of rotatable bonds is 7. The summed E-state index contributed by atoms with van der Waals surface area (Å²) in [6.07, 6.45) is 0.203. The van der Waals surface area contributed by atoms with Crippen LogP contribution in [0.25, 0.3) is 0 Å². The van der Waals surface area contributed by atoms with Crippen LogP contribution < -0.4 is 10.5 Å². The van der Waals surface area contributed by atoms with Gasteiger partial charge in [-0.3, -0.25) is 14.4 Å². The molecule has 0 spiro atoms. The second kappa shape index (κ2) is 9.98. The van der Waals surface area contributed by atoms with Crippen LogP contribution in [0.5, 0.6) is 5.75 Å². The molecule has 1 aliphatic rings. The van der Waals surface area contributed by atoms with Crippen LogP contribution in [-0.4, -0.2) is 61.3 Å². The van der Waals surface area contributed by atoms with E-state index in [-0.39, 0.29) is 54.9 Å². The quantitative estimate of drug-likeness (QED) is 0.216.